The molecule has 1 aliphatic heterocycles. The summed E-state index contributed by atoms with van der Waals surface area (Å²) < 4.78 is 11.9. The standard InChI is InChI=1S/C18H16INO4/c1-11-9-16(14-8-7-12(22-2)10-17(14)23-11)20-24-18(21)13-5-3-4-6-15(13)19/h3-8,10-11H,9H2,1-2H3. The monoisotopic (exact) mass is 437 g/mol. The van der Waals surface area contributed by atoms with Crippen molar-refractivity contribution in [3.63, 3.8) is 0 Å². The first-order chi connectivity index (χ1) is 11.6. The number of methoxy groups -OCH3 is 1. The van der Waals surface area contributed by atoms with E-state index in [1.165, 1.54) is 0 Å². The second kappa shape index (κ2) is 7.21. The highest BCUT2D eigenvalue weighted by atomic mass is 127. The molecule has 5 nitrogen and oxygen atoms in total. The van der Waals surface area contributed by atoms with Crippen LogP contribution in [0.4, 0.5) is 0 Å². The van der Waals surface area contributed by atoms with Crippen LogP contribution in [-0.4, -0.2) is 24.9 Å². The largest absolute Gasteiger partial charge is 0.497 e. The number of hydrogen-bond acceptors (Lipinski definition) is 5. The molecule has 1 atom stereocenters. The second-order valence-electron chi connectivity index (χ2n) is 5.39. The van der Waals surface area contributed by atoms with Crippen LogP contribution in [0.5, 0.6) is 11.5 Å². The fourth-order valence-electron chi connectivity index (χ4n) is 2.47. The predicted octanol–water partition coefficient (Wildman–Crippen LogP) is 4.03. The fraction of sp³-hybridized carbons (Fsp3) is 0.222. The summed E-state index contributed by atoms with van der Waals surface area (Å²) in [6.45, 7) is 1.94. The van der Waals surface area contributed by atoms with Crippen molar-refractivity contribution in [3.8, 4) is 11.5 Å². The Bertz CT molecular complexity index is 803. The molecule has 124 valence electrons. The lowest BCUT2D eigenvalue weighted by molar-refractivity contribution is 0.0512. The first kappa shape index (κ1) is 16.8. The Morgan fingerprint density at radius 1 is 1.29 bits per heavy atom. The van der Waals surface area contributed by atoms with E-state index in [1.807, 2.05) is 37.3 Å². The summed E-state index contributed by atoms with van der Waals surface area (Å²) in [5.41, 5.74) is 1.99. The quantitative estimate of drug-likeness (QED) is 0.414. The first-order valence-corrected chi connectivity index (χ1v) is 8.54. The molecule has 0 amide bonds. The predicted molar refractivity (Wildman–Crippen MR) is 98.8 cm³/mol. The zero-order valence-corrected chi connectivity index (χ0v) is 15.4. The SMILES string of the molecule is COc1ccc2c(c1)OC(C)CC2=NOC(=O)c1ccccc1I. The van der Waals surface area contributed by atoms with E-state index in [2.05, 4.69) is 27.7 Å². The Hall–Kier alpha value is -2.09. The van der Waals surface area contributed by atoms with Crippen LogP contribution in [0.1, 0.15) is 29.3 Å². The molecule has 1 unspecified atom stereocenters. The lowest BCUT2D eigenvalue weighted by Crippen LogP contribution is -2.25. The molecular formula is C18H16INO4. The average Bonchev–Trinajstić information content (AvgIpc) is 2.59. The number of nitrogens with zero attached hydrogens (tertiary/aromatic N) is 1. The molecular weight excluding hydrogens is 421 g/mol. The molecule has 0 saturated heterocycles. The highest BCUT2D eigenvalue weighted by Gasteiger charge is 2.24. The van der Waals surface area contributed by atoms with Crippen LogP contribution < -0.4 is 9.47 Å². The number of ether oxygens (including phenoxy) is 2. The smallest absolute Gasteiger partial charge is 0.366 e. The van der Waals surface area contributed by atoms with Gasteiger partial charge in [0.15, 0.2) is 0 Å². The molecule has 24 heavy (non-hydrogen) atoms. The third kappa shape index (κ3) is 3.53. The number of carbonyl (C=O) groups is 1. The topological polar surface area (TPSA) is 57.1 Å². The zero-order chi connectivity index (χ0) is 17.1. The summed E-state index contributed by atoms with van der Waals surface area (Å²) in [6.07, 6.45) is 0.511. The maximum atomic E-state index is 12.2. The molecule has 3 rings (SSSR count). The third-order valence-corrected chi connectivity index (χ3v) is 4.58. The van der Waals surface area contributed by atoms with Crippen LogP contribution in [0.15, 0.2) is 47.6 Å². The molecule has 2 aromatic carbocycles. The fourth-order valence-corrected chi connectivity index (χ4v) is 3.07. The average molecular weight is 437 g/mol. The minimum atomic E-state index is -0.471. The van der Waals surface area contributed by atoms with Crippen LogP contribution in [0, 0.1) is 3.57 Å². The van der Waals surface area contributed by atoms with E-state index >= 15 is 0 Å². The van der Waals surface area contributed by atoms with Gasteiger partial charge in [0.05, 0.1) is 18.4 Å². The van der Waals surface area contributed by atoms with Crippen LogP contribution in [0.25, 0.3) is 0 Å². The molecule has 0 N–H and O–H groups in total. The van der Waals surface area contributed by atoms with Crippen molar-refractivity contribution in [1.29, 1.82) is 0 Å². The van der Waals surface area contributed by atoms with Gasteiger partial charge in [-0.1, -0.05) is 17.3 Å². The van der Waals surface area contributed by atoms with Crippen LogP contribution in [0.3, 0.4) is 0 Å². The summed E-state index contributed by atoms with van der Waals surface area (Å²) in [4.78, 5) is 17.4. The number of rotatable bonds is 3. The van der Waals surface area contributed by atoms with E-state index in [0.717, 1.165) is 9.13 Å². The number of halogens is 1. The van der Waals surface area contributed by atoms with Crippen LogP contribution in [0.2, 0.25) is 0 Å². The van der Waals surface area contributed by atoms with Gasteiger partial charge in [-0.2, -0.15) is 0 Å². The molecule has 0 spiro atoms. The Kier molecular flexibility index (Phi) is 5.03. The number of benzene rings is 2. The van der Waals surface area contributed by atoms with Gasteiger partial charge in [0, 0.05) is 21.6 Å². The van der Waals surface area contributed by atoms with Crippen molar-refractivity contribution < 1.29 is 19.1 Å². The van der Waals surface area contributed by atoms with E-state index < -0.39 is 5.97 Å². The van der Waals surface area contributed by atoms with Crippen LogP contribution >= 0.6 is 22.6 Å². The minimum absolute atomic E-state index is 0.0566. The summed E-state index contributed by atoms with van der Waals surface area (Å²) >= 11 is 2.10. The van der Waals surface area contributed by atoms with Gasteiger partial charge in [0.1, 0.15) is 17.6 Å². The second-order valence-corrected chi connectivity index (χ2v) is 6.55. The highest BCUT2D eigenvalue weighted by Crippen LogP contribution is 2.31. The van der Waals surface area contributed by atoms with Crippen molar-refractivity contribution in [2.24, 2.45) is 5.16 Å². The zero-order valence-electron chi connectivity index (χ0n) is 13.3. The summed E-state index contributed by atoms with van der Waals surface area (Å²) in [5, 5.41) is 4.09. The molecule has 0 aliphatic carbocycles. The molecule has 6 heteroatoms. The van der Waals surface area contributed by atoms with Gasteiger partial charge < -0.3 is 14.3 Å². The maximum Gasteiger partial charge on any atom is 0.366 e. The van der Waals surface area contributed by atoms with E-state index in [0.29, 0.717) is 29.2 Å². The minimum Gasteiger partial charge on any atom is -0.497 e. The normalized spacial score (nSPS) is 17.8. The van der Waals surface area contributed by atoms with Crippen LogP contribution in [-0.2, 0) is 4.84 Å². The Labute approximate surface area is 153 Å². The highest BCUT2D eigenvalue weighted by molar-refractivity contribution is 14.1. The molecule has 0 radical (unpaired) electrons. The number of fused-ring (bicyclic) bond motifs is 1. The molecule has 0 aromatic heterocycles. The molecule has 1 aliphatic rings. The van der Waals surface area contributed by atoms with E-state index in [-0.39, 0.29) is 6.10 Å². The van der Waals surface area contributed by atoms with Gasteiger partial charge in [0.25, 0.3) is 0 Å². The Balaban J connectivity index is 1.86. The van der Waals surface area contributed by atoms with Crippen molar-refractivity contribution in [3.05, 3.63) is 57.2 Å². The van der Waals surface area contributed by atoms with E-state index in [1.54, 1.807) is 19.2 Å². The molecule has 2 aromatic rings. The number of carbonyl (C=O) groups excluding carboxylic acids is 1. The number of hydrogen-bond donors (Lipinski definition) is 0. The number of oxime groups is 1. The van der Waals surface area contributed by atoms with E-state index in [9.17, 15) is 4.79 Å². The molecule has 0 bridgehead atoms. The van der Waals surface area contributed by atoms with Gasteiger partial charge in [-0.05, 0) is 53.8 Å². The van der Waals surface area contributed by atoms with Gasteiger partial charge in [-0.15, -0.1) is 0 Å². The van der Waals surface area contributed by atoms with E-state index in [4.69, 9.17) is 14.3 Å². The van der Waals surface area contributed by atoms with Gasteiger partial charge in [-0.3, -0.25) is 0 Å². The lowest BCUT2D eigenvalue weighted by atomic mass is 10.0. The molecule has 0 saturated carbocycles. The molecule has 0 fully saturated rings. The van der Waals surface area contributed by atoms with Gasteiger partial charge >= 0.3 is 5.97 Å². The Morgan fingerprint density at radius 3 is 2.83 bits per heavy atom. The summed E-state index contributed by atoms with van der Waals surface area (Å²) in [5.74, 6) is 0.914. The van der Waals surface area contributed by atoms with Gasteiger partial charge in [0.2, 0.25) is 0 Å². The summed E-state index contributed by atoms with van der Waals surface area (Å²) in [6, 6.07) is 12.7. The van der Waals surface area contributed by atoms with Crippen molar-refractivity contribution in [2.75, 3.05) is 7.11 Å². The Morgan fingerprint density at radius 2 is 2.08 bits per heavy atom. The maximum absolute atomic E-state index is 12.2. The lowest BCUT2D eigenvalue weighted by Gasteiger charge is -2.24. The summed E-state index contributed by atoms with van der Waals surface area (Å²) in [7, 11) is 1.60. The van der Waals surface area contributed by atoms with Crippen molar-refractivity contribution in [2.45, 2.75) is 19.4 Å². The van der Waals surface area contributed by atoms with Gasteiger partial charge in [-0.25, -0.2) is 4.79 Å². The third-order valence-electron chi connectivity index (χ3n) is 3.64. The molecule has 1 heterocycles. The van der Waals surface area contributed by atoms with Crippen molar-refractivity contribution >= 4 is 34.3 Å². The van der Waals surface area contributed by atoms with Crippen molar-refractivity contribution in [1.82, 2.24) is 0 Å². The first-order valence-electron chi connectivity index (χ1n) is 7.46.